The van der Waals surface area contributed by atoms with E-state index in [2.05, 4.69) is 22.8 Å². The number of rotatable bonds is 3. The van der Waals surface area contributed by atoms with Crippen LogP contribution in [-0.4, -0.2) is 42.4 Å². The van der Waals surface area contributed by atoms with Gasteiger partial charge in [-0.15, -0.1) is 0 Å². The Hall–Kier alpha value is -1.88. The van der Waals surface area contributed by atoms with E-state index in [-0.39, 0.29) is 24.4 Å². The molecule has 3 rings (SSSR count). The predicted octanol–water partition coefficient (Wildman–Crippen LogP) is 0.439. The van der Waals surface area contributed by atoms with Crippen LogP contribution in [-0.2, 0) is 22.6 Å². The lowest BCUT2D eigenvalue weighted by Crippen LogP contribution is -2.50. The Morgan fingerprint density at radius 3 is 2.67 bits per heavy atom. The predicted molar refractivity (Wildman–Crippen MR) is 79.6 cm³/mol. The number of hydrogen-bond acceptors (Lipinski definition) is 3. The first-order chi connectivity index (χ1) is 10.2. The first kappa shape index (κ1) is 14.1. The summed E-state index contributed by atoms with van der Waals surface area (Å²) in [6.45, 7) is 2.46. The van der Waals surface area contributed by atoms with Gasteiger partial charge in [0.05, 0.1) is 12.6 Å². The summed E-state index contributed by atoms with van der Waals surface area (Å²) in [7, 11) is 0. The number of carbonyl (C=O) groups is 2. The van der Waals surface area contributed by atoms with E-state index in [0.29, 0.717) is 13.0 Å². The monoisotopic (exact) mass is 287 g/mol. The van der Waals surface area contributed by atoms with Gasteiger partial charge in [0.25, 0.3) is 0 Å². The lowest BCUT2D eigenvalue weighted by atomic mass is 9.95. The van der Waals surface area contributed by atoms with Crippen LogP contribution in [0.5, 0.6) is 0 Å². The Kier molecular flexibility index (Phi) is 4.20. The van der Waals surface area contributed by atoms with E-state index in [1.54, 1.807) is 0 Å². The maximum atomic E-state index is 12.2. The number of likely N-dealkylation sites (tertiary alicyclic amines) is 1. The number of nitrogens with one attached hydrogen (secondary N) is 2. The molecule has 112 valence electrons. The van der Waals surface area contributed by atoms with Crippen LogP contribution in [0.2, 0.25) is 0 Å². The van der Waals surface area contributed by atoms with Crippen LogP contribution in [0.1, 0.15) is 24.0 Å². The van der Waals surface area contributed by atoms with E-state index in [4.69, 9.17) is 0 Å². The molecule has 1 fully saturated rings. The van der Waals surface area contributed by atoms with Gasteiger partial charge >= 0.3 is 0 Å². The second-order valence-electron chi connectivity index (χ2n) is 5.71. The normalized spacial score (nSPS) is 21.0. The summed E-state index contributed by atoms with van der Waals surface area (Å²) in [4.78, 5) is 25.9. The highest BCUT2D eigenvalue weighted by Gasteiger charge is 2.25. The van der Waals surface area contributed by atoms with Gasteiger partial charge in [-0.05, 0) is 30.4 Å². The Balaban J connectivity index is 1.51. The average molecular weight is 287 g/mol. The Bertz CT molecular complexity index is 538. The Morgan fingerprint density at radius 1 is 1.19 bits per heavy atom. The quantitative estimate of drug-likeness (QED) is 0.848. The van der Waals surface area contributed by atoms with E-state index in [1.165, 1.54) is 11.1 Å². The van der Waals surface area contributed by atoms with Crippen molar-refractivity contribution in [2.45, 2.75) is 31.8 Å². The van der Waals surface area contributed by atoms with Crippen molar-refractivity contribution in [1.82, 2.24) is 15.5 Å². The molecule has 0 aromatic heterocycles. The maximum Gasteiger partial charge on any atom is 0.241 e. The van der Waals surface area contributed by atoms with Crippen molar-refractivity contribution >= 4 is 11.8 Å². The summed E-state index contributed by atoms with van der Waals surface area (Å²) in [6.07, 6.45) is 2.82. The van der Waals surface area contributed by atoms with Crippen molar-refractivity contribution in [2.75, 3.05) is 19.6 Å². The Labute approximate surface area is 124 Å². The van der Waals surface area contributed by atoms with Crippen LogP contribution in [0.15, 0.2) is 24.3 Å². The molecule has 1 saturated heterocycles. The summed E-state index contributed by atoms with van der Waals surface area (Å²) >= 11 is 0. The zero-order chi connectivity index (χ0) is 14.7. The third-order valence-corrected chi connectivity index (χ3v) is 4.27. The van der Waals surface area contributed by atoms with Crippen molar-refractivity contribution in [2.24, 2.45) is 0 Å². The molecule has 0 saturated carbocycles. The van der Waals surface area contributed by atoms with Crippen LogP contribution in [0.25, 0.3) is 0 Å². The molecule has 2 N–H and O–H groups in total. The zero-order valence-electron chi connectivity index (χ0n) is 12.1. The van der Waals surface area contributed by atoms with Crippen LogP contribution in [0.3, 0.4) is 0 Å². The molecule has 5 nitrogen and oxygen atoms in total. The summed E-state index contributed by atoms with van der Waals surface area (Å²) < 4.78 is 0. The van der Waals surface area contributed by atoms with Crippen molar-refractivity contribution in [3.05, 3.63) is 35.4 Å². The summed E-state index contributed by atoms with van der Waals surface area (Å²) in [5.74, 6) is -0.0610. The van der Waals surface area contributed by atoms with Crippen LogP contribution in [0, 0.1) is 0 Å². The van der Waals surface area contributed by atoms with Gasteiger partial charge in [-0.2, -0.15) is 0 Å². The topological polar surface area (TPSA) is 61.4 Å². The minimum atomic E-state index is -0.244. The van der Waals surface area contributed by atoms with Gasteiger partial charge in [0.15, 0.2) is 0 Å². The molecule has 21 heavy (non-hydrogen) atoms. The van der Waals surface area contributed by atoms with Crippen molar-refractivity contribution in [1.29, 1.82) is 0 Å². The fourth-order valence-corrected chi connectivity index (χ4v) is 3.00. The zero-order valence-corrected chi connectivity index (χ0v) is 12.1. The molecule has 2 aliphatic heterocycles. The van der Waals surface area contributed by atoms with Gasteiger partial charge in [0.1, 0.15) is 0 Å². The number of carbonyl (C=O) groups excluding carboxylic acids is 2. The molecule has 0 unspecified atom stereocenters. The van der Waals surface area contributed by atoms with Gasteiger partial charge in [-0.25, -0.2) is 0 Å². The van der Waals surface area contributed by atoms with Gasteiger partial charge in [-0.1, -0.05) is 24.3 Å². The lowest BCUT2D eigenvalue weighted by molar-refractivity contribution is -0.132. The molecular formula is C16H21N3O2. The maximum absolute atomic E-state index is 12.2. The van der Waals surface area contributed by atoms with Gasteiger partial charge in [0, 0.05) is 19.6 Å². The molecule has 2 amide bonds. The first-order valence-corrected chi connectivity index (χ1v) is 7.60. The number of nitrogens with zero attached hydrogens (tertiary/aromatic N) is 1. The lowest BCUT2D eigenvalue weighted by Gasteiger charge is -2.25. The smallest absolute Gasteiger partial charge is 0.241 e. The molecular weight excluding hydrogens is 266 g/mol. The fourth-order valence-electron chi connectivity index (χ4n) is 3.00. The third-order valence-electron chi connectivity index (χ3n) is 4.27. The third kappa shape index (κ3) is 3.24. The number of fused-ring (bicyclic) bond motifs is 1. The van der Waals surface area contributed by atoms with Crippen molar-refractivity contribution < 1.29 is 9.59 Å². The molecule has 0 radical (unpaired) electrons. The SMILES string of the molecule is O=C(NCC(=O)N1CCCC1)[C@@H]1Cc2ccccc2CN1. The summed E-state index contributed by atoms with van der Waals surface area (Å²) in [5.41, 5.74) is 2.46. The van der Waals surface area contributed by atoms with Gasteiger partial charge in [0.2, 0.25) is 11.8 Å². The largest absolute Gasteiger partial charge is 0.346 e. The fraction of sp³-hybridized carbons (Fsp3) is 0.500. The Morgan fingerprint density at radius 2 is 1.90 bits per heavy atom. The highest BCUT2D eigenvalue weighted by atomic mass is 16.2. The molecule has 1 atom stereocenters. The minimum absolute atomic E-state index is 0.0251. The van der Waals surface area contributed by atoms with E-state index >= 15 is 0 Å². The van der Waals surface area contributed by atoms with E-state index in [1.807, 2.05) is 17.0 Å². The van der Waals surface area contributed by atoms with Crippen LogP contribution in [0.4, 0.5) is 0 Å². The number of amides is 2. The van der Waals surface area contributed by atoms with Gasteiger partial charge < -0.3 is 15.5 Å². The first-order valence-electron chi connectivity index (χ1n) is 7.60. The molecule has 2 heterocycles. The van der Waals surface area contributed by atoms with Crippen LogP contribution < -0.4 is 10.6 Å². The molecule has 5 heteroatoms. The van der Waals surface area contributed by atoms with E-state index in [0.717, 1.165) is 25.9 Å². The van der Waals surface area contributed by atoms with Gasteiger partial charge in [-0.3, -0.25) is 9.59 Å². The molecule has 0 bridgehead atoms. The molecule has 0 spiro atoms. The van der Waals surface area contributed by atoms with Crippen molar-refractivity contribution in [3.63, 3.8) is 0 Å². The van der Waals surface area contributed by atoms with Crippen molar-refractivity contribution in [3.8, 4) is 0 Å². The minimum Gasteiger partial charge on any atom is -0.346 e. The summed E-state index contributed by atoms with van der Waals surface area (Å²) in [6, 6.07) is 7.90. The number of hydrogen-bond donors (Lipinski definition) is 2. The highest BCUT2D eigenvalue weighted by Crippen LogP contribution is 2.16. The summed E-state index contributed by atoms with van der Waals surface area (Å²) in [5, 5.41) is 6.00. The molecule has 1 aromatic rings. The second-order valence-corrected chi connectivity index (χ2v) is 5.71. The molecule has 2 aliphatic rings. The average Bonchev–Trinajstić information content (AvgIpc) is 3.06. The number of benzene rings is 1. The molecule has 0 aliphatic carbocycles. The van der Waals surface area contributed by atoms with E-state index < -0.39 is 0 Å². The second kappa shape index (κ2) is 6.26. The van der Waals surface area contributed by atoms with Crippen LogP contribution >= 0.6 is 0 Å². The standard InChI is InChI=1S/C16H21N3O2/c20-15(19-7-3-4-8-19)11-18-16(21)14-9-12-5-1-2-6-13(12)10-17-14/h1-2,5-6,14,17H,3-4,7-11H2,(H,18,21)/t14-/m0/s1. The highest BCUT2D eigenvalue weighted by molar-refractivity contribution is 5.87. The van der Waals surface area contributed by atoms with E-state index in [9.17, 15) is 9.59 Å². The molecule has 1 aromatic carbocycles.